The minimum atomic E-state index is -4.19. The summed E-state index contributed by atoms with van der Waals surface area (Å²) < 4.78 is 53.1. The van der Waals surface area contributed by atoms with Crippen molar-refractivity contribution >= 4 is 21.6 Å². The predicted molar refractivity (Wildman–Crippen MR) is 138 cm³/mol. The van der Waals surface area contributed by atoms with E-state index < -0.39 is 28.3 Å². The highest BCUT2D eigenvalue weighted by Crippen LogP contribution is 2.34. The predicted octanol–water partition coefficient (Wildman–Crippen LogP) is 4.55. The summed E-state index contributed by atoms with van der Waals surface area (Å²) in [5.41, 5.74) is 3.80. The van der Waals surface area contributed by atoms with Gasteiger partial charge in [0.05, 0.1) is 16.6 Å². The molecule has 0 spiro atoms. The topological polar surface area (TPSA) is 84.9 Å². The number of benzene rings is 3. The number of ether oxygens (including phenoxy) is 2. The number of hydrogen-bond acceptors (Lipinski definition) is 5. The molecule has 1 aliphatic heterocycles. The molecule has 37 heavy (non-hydrogen) atoms. The fourth-order valence-corrected chi connectivity index (χ4v) is 6.19. The molecule has 5 rings (SSSR count). The molecule has 7 nitrogen and oxygen atoms in total. The molecule has 1 heterocycles. The first kappa shape index (κ1) is 25.1. The van der Waals surface area contributed by atoms with E-state index in [-0.39, 0.29) is 16.6 Å². The number of hydrogen-bond donors (Lipinski definition) is 1. The third-order valence-corrected chi connectivity index (χ3v) is 8.52. The van der Waals surface area contributed by atoms with Crippen LogP contribution in [0.2, 0.25) is 0 Å². The molecule has 1 aliphatic carbocycles. The highest BCUT2D eigenvalue weighted by atomic mass is 32.2. The smallest absolute Gasteiger partial charge is 0.264 e. The van der Waals surface area contributed by atoms with Crippen molar-refractivity contribution in [3.8, 4) is 11.5 Å². The van der Waals surface area contributed by atoms with E-state index >= 15 is 0 Å². The molecule has 9 heteroatoms. The summed E-state index contributed by atoms with van der Waals surface area (Å²) in [6.07, 6.45) is 4.44. The minimum Gasteiger partial charge on any atom is -0.486 e. The van der Waals surface area contributed by atoms with Crippen LogP contribution in [0.5, 0.6) is 11.5 Å². The van der Waals surface area contributed by atoms with E-state index in [4.69, 9.17) is 9.47 Å². The number of fused-ring (bicyclic) bond motifs is 2. The number of amides is 1. The number of carbonyl (C=O) groups is 1. The van der Waals surface area contributed by atoms with Crippen molar-refractivity contribution in [3.05, 3.63) is 83.2 Å². The lowest BCUT2D eigenvalue weighted by atomic mass is 9.89. The average Bonchev–Trinajstić information content (AvgIpc) is 2.91. The summed E-state index contributed by atoms with van der Waals surface area (Å²) in [6.45, 7) is 2.09. The van der Waals surface area contributed by atoms with Gasteiger partial charge in [-0.05, 0) is 85.7 Å². The summed E-state index contributed by atoms with van der Waals surface area (Å²) in [5.74, 6) is -0.214. The summed E-state index contributed by atoms with van der Waals surface area (Å²) in [7, 11) is -4.19. The maximum atomic E-state index is 13.7. The van der Waals surface area contributed by atoms with Gasteiger partial charge in [-0.3, -0.25) is 9.10 Å². The van der Waals surface area contributed by atoms with Crippen LogP contribution in [0, 0.1) is 5.82 Å². The van der Waals surface area contributed by atoms with Crippen molar-refractivity contribution < 1.29 is 27.1 Å². The van der Waals surface area contributed by atoms with E-state index in [1.54, 1.807) is 0 Å². The molecule has 0 bridgehead atoms. The Morgan fingerprint density at radius 2 is 1.65 bits per heavy atom. The highest BCUT2D eigenvalue weighted by Gasteiger charge is 2.29. The van der Waals surface area contributed by atoms with E-state index in [2.05, 4.69) is 17.4 Å². The van der Waals surface area contributed by atoms with Gasteiger partial charge in [-0.2, -0.15) is 0 Å². The van der Waals surface area contributed by atoms with Gasteiger partial charge in [-0.1, -0.05) is 18.2 Å². The molecule has 1 N–H and O–H groups in total. The Hall–Kier alpha value is -3.59. The molecular weight excluding hydrogens is 495 g/mol. The lowest BCUT2D eigenvalue weighted by Gasteiger charge is -2.26. The minimum absolute atomic E-state index is 0.0587. The van der Waals surface area contributed by atoms with Crippen LogP contribution in [0.15, 0.2) is 65.6 Å². The number of nitrogens with zero attached hydrogens (tertiary/aromatic N) is 1. The zero-order valence-electron chi connectivity index (χ0n) is 20.6. The summed E-state index contributed by atoms with van der Waals surface area (Å²) in [4.78, 5) is 13.1. The fourth-order valence-electron chi connectivity index (χ4n) is 4.76. The number of aryl methyl sites for hydroxylation is 2. The van der Waals surface area contributed by atoms with Gasteiger partial charge in [-0.25, -0.2) is 12.8 Å². The van der Waals surface area contributed by atoms with Crippen molar-refractivity contribution in [2.75, 3.05) is 24.1 Å². The van der Waals surface area contributed by atoms with Crippen molar-refractivity contribution in [2.24, 2.45) is 0 Å². The van der Waals surface area contributed by atoms with Crippen LogP contribution in [0.4, 0.5) is 10.1 Å². The lowest BCUT2D eigenvalue weighted by molar-refractivity contribution is -0.120. The molecule has 3 aromatic rings. The molecule has 1 unspecified atom stereocenters. The van der Waals surface area contributed by atoms with Gasteiger partial charge in [0.25, 0.3) is 10.0 Å². The van der Waals surface area contributed by atoms with Crippen molar-refractivity contribution in [2.45, 2.75) is 43.5 Å². The summed E-state index contributed by atoms with van der Waals surface area (Å²) in [5, 5.41) is 2.92. The van der Waals surface area contributed by atoms with Gasteiger partial charge < -0.3 is 14.8 Å². The SMILES string of the molecule is CC(NC(=O)CN(c1ccc(F)cc1)S(=O)(=O)c1ccc2c(c1)OCCO2)c1ccc2c(c1)CCCC2. The standard InChI is InChI=1S/C28H29FN2O5S/c1-19(21-7-6-20-4-2-3-5-22(20)16-21)30-28(32)18-31(24-10-8-23(29)9-11-24)37(33,34)25-12-13-26-27(17-25)36-15-14-35-26/h6-13,16-17,19H,2-5,14-15,18H2,1H3,(H,30,32). The first-order valence-electron chi connectivity index (χ1n) is 12.4. The number of carbonyl (C=O) groups excluding carboxylic acids is 1. The van der Waals surface area contributed by atoms with E-state index in [0.29, 0.717) is 24.7 Å². The third-order valence-electron chi connectivity index (χ3n) is 6.75. The Labute approximate surface area is 216 Å². The van der Waals surface area contributed by atoms with Crippen LogP contribution in [-0.4, -0.2) is 34.1 Å². The molecule has 0 fully saturated rings. The molecule has 1 atom stereocenters. The number of anilines is 1. The molecule has 0 aromatic heterocycles. The monoisotopic (exact) mass is 524 g/mol. The molecular formula is C28H29FN2O5S. The van der Waals surface area contributed by atoms with E-state index in [1.807, 2.05) is 13.0 Å². The molecule has 2 aliphatic rings. The first-order valence-corrected chi connectivity index (χ1v) is 13.8. The number of halogens is 1. The zero-order chi connectivity index (χ0) is 26.0. The summed E-state index contributed by atoms with van der Waals surface area (Å²) >= 11 is 0. The normalized spacial score (nSPS) is 15.4. The van der Waals surface area contributed by atoms with Gasteiger partial charge in [0.15, 0.2) is 11.5 Å². The zero-order valence-corrected chi connectivity index (χ0v) is 21.4. The Bertz CT molecular complexity index is 1410. The summed E-state index contributed by atoms with van der Waals surface area (Å²) in [6, 6.07) is 15.3. The molecule has 194 valence electrons. The van der Waals surface area contributed by atoms with Crippen LogP contribution in [0.1, 0.15) is 42.5 Å². The number of nitrogens with one attached hydrogen (secondary N) is 1. The van der Waals surface area contributed by atoms with Crippen LogP contribution in [0.25, 0.3) is 0 Å². The van der Waals surface area contributed by atoms with Gasteiger partial charge >= 0.3 is 0 Å². The molecule has 1 amide bonds. The maximum absolute atomic E-state index is 13.7. The van der Waals surface area contributed by atoms with Crippen molar-refractivity contribution in [3.63, 3.8) is 0 Å². The largest absolute Gasteiger partial charge is 0.486 e. The van der Waals surface area contributed by atoms with Gasteiger partial charge in [0.1, 0.15) is 25.6 Å². The van der Waals surface area contributed by atoms with Crippen LogP contribution in [-0.2, 0) is 27.7 Å². The quantitative estimate of drug-likeness (QED) is 0.490. The second-order valence-electron chi connectivity index (χ2n) is 9.32. The Balaban J connectivity index is 1.39. The molecule has 0 radical (unpaired) electrons. The number of sulfonamides is 1. The van der Waals surface area contributed by atoms with E-state index in [0.717, 1.165) is 41.3 Å². The molecule has 3 aromatic carbocycles. The fraction of sp³-hybridized carbons (Fsp3) is 0.321. The van der Waals surface area contributed by atoms with Crippen LogP contribution < -0.4 is 19.1 Å². The van der Waals surface area contributed by atoms with Gasteiger partial charge in [0, 0.05) is 6.07 Å². The van der Waals surface area contributed by atoms with E-state index in [9.17, 15) is 17.6 Å². The Morgan fingerprint density at radius 3 is 2.41 bits per heavy atom. The lowest BCUT2D eigenvalue weighted by Crippen LogP contribution is -2.41. The third kappa shape index (κ3) is 5.41. The van der Waals surface area contributed by atoms with Gasteiger partial charge in [0.2, 0.25) is 5.91 Å². The Morgan fingerprint density at radius 1 is 0.946 bits per heavy atom. The second-order valence-corrected chi connectivity index (χ2v) is 11.2. The molecule has 0 saturated heterocycles. The van der Waals surface area contributed by atoms with Crippen LogP contribution >= 0.6 is 0 Å². The van der Waals surface area contributed by atoms with E-state index in [1.165, 1.54) is 47.9 Å². The first-order chi connectivity index (χ1) is 17.8. The molecule has 0 saturated carbocycles. The Kier molecular flexibility index (Phi) is 7.06. The average molecular weight is 525 g/mol. The van der Waals surface area contributed by atoms with Crippen molar-refractivity contribution in [1.29, 1.82) is 0 Å². The van der Waals surface area contributed by atoms with Crippen molar-refractivity contribution in [1.82, 2.24) is 5.32 Å². The van der Waals surface area contributed by atoms with Gasteiger partial charge in [-0.15, -0.1) is 0 Å². The maximum Gasteiger partial charge on any atom is 0.264 e. The second kappa shape index (κ2) is 10.4. The van der Waals surface area contributed by atoms with Crippen LogP contribution in [0.3, 0.4) is 0 Å². The highest BCUT2D eigenvalue weighted by molar-refractivity contribution is 7.92. The number of rotatable bonds is 7.